The van der Waals surface area contributed by atoms with E-state index in [2.05, 4.69) is 26.1 Å². The summed E-state index contributed by atoms with van der Waals surface area (Å²) in [6.07, 6.45) is 6.60. The smallest absolute Gasteiger partial charge is 0.260 e. The Bertz CT molecular complexity index is 744. The molecule has 1 saturated heterocycles. The van der Waals surface area contributed by atoms with E-state index in [-0.39, 0.29) is 12.5 Å². The van der Waals surface area contributed by atoms with Crippen molar-refractivity contribution in [3.8, 4) is 5.75 Å². The molecule has 1 aliphatic carbocycles. The third-order valence-electron chi connectivity index (χ3n) is 4.76. The first-order valence-electron chi connectivity index (χ1n) is 8.70. The van der Waals surface area contributed by atoms with Crippen LogP contribution in [0.15, 0.2) is 30.6 Å². The molecule has 25 heavy (non-hydrogen) atoms. The number of piperazine rings is 1. The summed E-state index contributed by atoms with van der Waals surface area (Å²) in [7, 11) is 0. The van der Waals surface area contributed by atoms with Crippen LogP contribution in [0.2, 0.25) is 0 Å². The standard InChI is InChI=1S/C18H21N5O2/c24-18(13-25-15-4-2-6-19-12-15)23-9-7-22(8-10-23)17-11-14-3-1-5-16(14)20-21-17/h2,4,6,11-12H,1,3,5,7-10,13H2. The van der Waals surface area contributed by atoms with E-state index >= 15 is 0 Å². The van der Waals surface area contributed by atoms with Gasteiger partial charge in [-0.25, -0.2) is 0 Å². The first-order valence-corrected chi connectivity index (χ1v) is 8.70. The predicted molar refractivity (Wildman–Crippen MR) is 92.6 cm³/mol. The molecule has 3 heterocycles. The van der Waals surface area contributed by atoms with Gasteiger partial charge in [-0.15, -0.1) is 5.10 Å². The van der Waals surface area contributed by atoms with Gasteiger partial charge < -0.3 is 14.5 Å². The van der Waals surface area contributed by atoms with E-state index in [4.69, 9.17) is 4.74 Å². The molecular weight excluding hydrogens is 318 g/mol. The van der Waals surface area contributed by atoms with Crippen LogP contribution in [0.5, 0.6) is 5.75 Å². The van der Waals surface area contributed by atoms with Crippen molar-refractivity contribution in [1.29, 1.82) is 0 Å². The molecule has 0 saturated carbocycles. The number of carbonyl (C=O) groups is 1. The average Bonchev–Trinajstić information content (AvgIpc) is 3.15. The summed E-state index contributed by atoms with van der Waals surface area (Å²) in [6.45, 7) is 2.94. The summed E-state index contributed by atoms with van der Waals surface area (Å²) in [5.74, 6) is 1.55. The zero-order valence-electron chi connectivity index (χ0n) is 14.1. The Labute approximate surface area is 146 Å². The predicted octanol–water partition coefficient (Wildman–Crippen LogP) is 1.09. The number of pyridine rings is 1. The van der Waals surface area contributed by atoms with E-state index in [0.29, 0.717) is 18.8 Å². The molecule has 0 atom stereocenters. The number of aryl methyl sites for hydroxylation is 2. The summed E-state index contributed by atoms with van der Waals surface area (Å²) < 4.78 is 5.49. The molecule has 7 heteroatoms. The summed E-state index contributed by atoms with van der Waals surface area (Å²) in [6, 6.07) is 5.75. The van der Waals surface area contributed by atoms with Crippen molar-refractivity contribution in [2.75, 3.05) is 37.7 Å². The molecule has 0 radical (unpaired) electrons. The fourth-order valence-electron chi connectivity index (χ4n) is 3.33. The minimum absolute atomic E-state index is 0.00328. The maximum absolute atomic E-state index is 12.3. The van der Waals surface area contributed by atoms with Crippen LogP contribution < -0.4 is 9.64 Å². The molecule has 0 spiro atoms. The molecule has 2 aromatic heterocycles. The summed E-state index contributed by atoms with van der Waals surface area (Å²) in [5, 5.41) is 8.71. The lowest BCUT2D eigenvalue weighted by atomic mass is 10.2. The van der Waals surface area contributed by atoms with Crippen LogP contribution in [0.4, 0.5) is 5.82 Å². The van der Waals surface area contributed by atoms with Gasteiger partial charge in [0, 0.05) is 32.4 Å². The number of hydrogen-bond acceptors (Lipinski definition) is 6. The maximum Gasteiger partial charge on any atom is 0.260 e. The molecule has 2 aliphatic rings. The molecule has 0 aromatic carbocycles. The quantitative estimate of drug-likeness (QED) is 0.830. The minimum atomic E-state index is 0.00328. The van der Waals surface area contributed by atoms with E-state index in [1.165, 1.54) is 12.0 Å². The summed E-state index contributed by atoms with van der Waals surface area (Å²) >= 11 is 0. The topological polar surface area (TPSA) is 71.5 Å². The summed E-state index contributed by atoms with van der Waals surface area (Å²) in [5.41, 5.74) is 2.47. The second kappa shape index (κ2) is 7.04. The van der Waals surface area contributed by atoms with Gasteiger partial charge in [-0.3, -0.25) is 9.78 Å². The number of ether oxygens (including phenoxy) is 1. The van der Waals surface area contributed by atoms with Gasteiger partial charge in [0.2, 0.25) is 0 Å². The van der Waals surface area contributed by atoms with Crippen molar-refractivity contribution in [2.24, 2.45) is 0 Å². The highest BCUT2D eigenvalue weighted by Gasteiger charge is 2.23. The highest BCUT2D eigenvalue weighted by Crippen LogP contribution is 2.23. The van der Waals surface area contributed by atoms with E-state index in [1.807, 2.05) is 4.90 Å². The normalized spacial score (nSPS) is 16.6. The number of rotatable bonds is 4. The molecule has 2 aromatic rings. The van der Waals surface area contributed by atoms with Crippen LogP contribution in [0.25, 0.3) is 0 Å². The van der Waals surface area contributed by atoms with Crippen molar-refractivity contribution in [3.63, 3.8) is 0 Å². The molecular formula is C18H21N5O2. The number of aromatic nitrogens is 3. The van der Waals surface area contributed by atoms with E-state index in [9.17, 15) is 4.79 Å². The number of hydrogen-bond donors (Lipinski definition) is 0. The Morgan fingerprint density at radius 2 is 2.04 bits per heavy atom. The number of anilines is 1. The van der Waals surface area contributed by atoms with Crippen LogP contribution in [-0.4, -0.2) is 58.8 Å². The Balaban J connectivity index is 1.30. The monoisotopic (exact) mass is 339 g/mol. The lowest BCUT2D eigenvalue weighted by Gasteiger charge is -2.35. The second-order valence-corrected chi connectivity index (χ2v) is 6.37. The molecule has 4 rings (SSSR count). The molecule has 1 aliphatic heterocycles. The molecule has 1 amide bonds. The zero-order chi connectivity index (χ0) is 17.1. The molecule has 0 bridgehead atoms. The van der Waals surface area contributed by atoms with Crippen molar-refractivity contribution in [3.05, 3.63) is 41.9 Å². The largest absolute Gasteiger partial charge is 0.482 e. The highest BCUT2D eigenvalue weighted by molar-refractivity contribution is 5.78. The van der Waals surface area contributed by atoms with Crippen molar-refractivity contribution >= 4 is 11.7 Å². The Morgan fingerprint density at radius 1 is 1.16 bits per heavy atom. The third kappa shape index (κ3) is 3.55. The van der Waals surface area contributed by atoms with Gasteiger partial charge in [-0.2, -0.15) is 5.10 Å². The minimum Gasteiger partial charge on any atom is -0.482 e. The lowest BCUT2D eigenvalue weighted by molar-refractivity contribution is -0.133. The average molecular weight is 339 g/mol. The van der Waals surface area contributed by atoms with E-state index < -0.39 is 0 Å². The van der Waals surface area contributed by atoms with Gasteiger partial charge in [-0.05, 0) is 43.0 Å². The van der Waals surface area contributed by atoms with Gasteiger partial charge in [0.15, 0.2) is 12.4 Å². The first-order chi connectivity index (χ1) is 12.3. The number of amides is 1. The molecule has 0 unspecified atom stereocenters. The zero-order valence-corrected chi connectivity index (χ0v) is 14.1. The third-order valence-corrected chi connectivity index (χ3v) is 4.76. The van der Waals surface area contributed by atoms with Crippen molar-refractivity contribution in [1.82, 2.24) is 20.1 Å². The number of nitrogens with zero attached hydrogens (tertiary/aromatic N) is 5. The van der Waals surface area contributed by atoms with Crippen LogP contribution in [0, 0.1) is 0 Å². The van der Waals surface area contributed by atoms with Crippen molar-refractivity contribution < 1.29 is 9.53 Å². The summed E-state index contributed by atoms with van der Waals surface area (Å²) in [4.78, 5) is 20.3. The van der Waals surface area contributed by atoms with Gasteiger partial charge in [0.1, 0.15) is 5.75 Å². The van der Waals surface area contributed by atoms with Gasteiger partial charge >= 0.3 is 0 Å². The second-order valence-electron chi connectivity index (χ2n) is 6.37. The fourth-order valence-corrected chi connectivity index (χ4v) is 3.33. The first kappa shape index (κ1) is 15.8. The van der Waals surface area contributed by atoms with Crippen LogP contribution in [0.3, 0.4) is 0 Å². The maximum atomic E-state index is 12.3. The Hall–Kier alpha value is -2.70. The Morgan fingerprint density at radius 3 is 2.84 bits per heavy atom. The van der Waals surface area contributed by atoms with E-state index in [0.717, 1.165) is 37.4 Å². The van der Waals surface area contributed by atoms with Crippen LogP contribution in [0.1, 0.15) is 17.7 Å². The lowest BCUT2D eigenvalue weighted by Crippen LogP contribution is -2.50. The van der Waals surface area contributed by atoms with Gasteiger partial charge in [0.05, 0.1) is 11.9 Å². The molecule has 0 N–H and O–H groups in total. The number of carbonyl (C=O) groups excluding carboxylic acids is 1. The Kier molecular flexibility index (Phi) is 4.45. The SMILES string of the molecule is O=C(COc1cccnc1)N1CCN(c2cc3c(nn2)CCC3)CC1. The van der Waals surface area contributed by atoms with Gasteiger partial charge in [-0.1, -0.05) is 0 Å². The number of fused-ring (bicyclic) bond motifs is 1. The molecule has 7 nitrogen and oxygen atoms in total. The molecule has 1 fully saturated rings. The van der Waals surface area contributed by atoms with Crippen molar-refractivity contribution in [2.45, 2.75) is 19.3 Å². The highest BCUT2D eigenvalue weighted by atomic mass is 16.5. The van der Waals surface area contributed by atoms with Crippen LogP contribution in [-0.2, 0) is 17.6 Å². The van der Waals surface area contributed by atoms with E-state index in [1.54, 1.807) is 24.5 Å². The van der Waals surface area contributed by atoms with Gasteiger partial charge in [0.25, 0.3) is 5.91 Å². The molecule has 130 valence electrons. The fraction of sp³-hybridized carbons (Fsp3) is 0.444. The van der Waals surface area contributed by atoms with Crippen LogP contribution >= 0.6 is 0 Å².